The van der Waals surface area contributed by atoms with Crippen LogP contribution in [0.25, 0.3) is 0 Å². The summed E-state index contributed by atoms with van der Waals surface area (Å²) in [5.41, 5.74) is 0.663. The quantitative estimate of drug-likeness (QED) is 0.567. The Kier molecular flexibility index (Phi) is 2.04. The molecule has 0 radical (unpaired) electrons. The van der Waals surface area contributed by atoms with Crippen molar-refractivity contribution in [1.29, 1.82) is 0 Å². The fourth-order valence-corrected chi connectivity index (χ4v) is 1.76. The monoisotopic (exact) mass is 156 g/mol. The standard InChI is InChI=1S/C10H20O/c1-9(2,3)8-6-10(4,7-8)11-5/h8H,6-7H2,1-5H3. The molecule has 1 heteroatoms. The summed E-state index contributed by atoms with van der Waals surface area (Å²) in [7, 11) is 1.82. The van der Waals surface area contributed by atoms with Crippen LogP contribution in [-0.4, -0.2) is 12.7 Å². The maximum atomic E-state index is 5.40. The van der Waals surface area contributed by atoms with E-state index >= 15 is 0 Å². The lowest BCUT2D eigenvalue weighted by Gasteiger charge is -2.50. The lowest BCUT2D eigenvalue weighted by atomic mass is 9.61. The first kappa shape index (κ1) is 9.05. The average molecular weight is 156 g/mol. The van der Waals surface area contributed by atoms with Crippen molar-refractivity contribution in [3.8, 4) is 0 Å². The molecular weight excluding hydrogens is 136 g/mol. The summed E-state index contributed by atoms with van der Waals surface area (Å²) in [4.78, 5) is 0. The van der Waals surface area contributed by atoms with Gasteiger partial charge in [0.25, 0.3) is 0 Å². The Morgan fingerprint density at radius 3 is 2.00 bits per heavy atom. The molecule has 0 aromatic rings. The van der Waals surface area contributed by atoms with Crippen LogP contribution >= 0.6 is 0 Å². The smallest absolute Gasteiger partial charge is 0.0656 e. The molecule has 66 valence electrons. The minimum absolute atomic E-state index is 0.192. The summed E-state index contributed by atoms with van der Waals surface area (Å²) in [6.07, 6.45) is 2.46. The van der Waals surface area contributed by atoms with E-state index in [4.69, 9.17) is 4.74 Å². The molecule has 0 aromatic carbocycles. The van der Waals surface area contributed by atoms with Gasteiger partial charge in [-0.05, 0) is 31.1 Å². The Balaban J connectivity index is 2.40. The Bertz CT molecular complexity index is 137. The van der Waals surface area contributed by atoms with Gasteiger partial charge in [0.15, 0.2) is 0 Å². The Morgan fingerprint density at radius 2 is 1.73 bits per heavy atom. The summed E-state index contributed by atoms with van der Waals surface area (Å²) < 4.78 is 5.40. The Morgan fingerprint density at radius 1 is 1.27 bits per heavy atom. The van der Waals surface area contributed by atoms with Gasteiger partial charge in [0.1, 0.15) is 0 Å². The molecule has 1 saturated carbocycles. The van der Waals surface area contributed by atoms with Gasteiger partial charge in [0.05, 0.1) is 5.60 Å². The van der Waals surface area contributed by atoms with Crippen molar-refractivity contribution in [3.63, 3.8) is 0 Å². The molecule has 0 heterocycles. The fraction of sp³-hybridized carbons (Fsp3) is 1.00. The highest BCUT2D eigenvalue weighted by Crippen LogP contribution is 2.48. The zero-order valence-electron chi connectivity index (χ0n) is 8.40. The van der Waals surface area contributed by atoms with Crippen LogP contribution in [-0.2, 0) is 4.74 Å². The van der Waals surface area contributed by atoms with Gasteiger partial charge in [0, 0.05) is 7.11 Å². The van der Waals surface area contributed by atoms with Gasteiger partial charge in [-0.1, -0.05) is 20.8 Å². The van der Waals surface area contributed by atoms with Crippen molar-refractivity contribution in [3.05, 3.63) is 0 Å². The Hall–Kier alpha value is -0.0400. The molecule has 1 aliphatic carbocycles. The van der Waals surface area contributed by atoms with Crippen LogP contribution < -0.4 is 0 Å². The van der Waals surface area contributed by atoms with E-state index in [0.29, 0.717) is 5.41 Å². The van der Waals surface area contributed by atoms with E-state index < -0.39 is 0 Å². The topological polar surface area (TPSA) is 9.23 Å². The molecule has 0 atom stereocenters. The lowest BCUT2D eigenvalue weighted by molar-refractivity contribution is -0.118. The van der Waals surface area contributed by atoms with E-state index in [9.17, 15) is 0 Å². The molecule has 0 unspecified atom stereocenters. The molecule has 0 N–H and O–H groups in total. The summed E-state index contributed by atoms with van der Waals surface area (Å²) in [6.45, 7) is 9.14. The predicted molar refractivity (Wildman–Crippen MR) is 47.6 cm³/mol. The van der Waals surface area contributed by atoms with Gasteiger partial charge in [-0.2, -0.15) is 0 Å². The van der Waals surface area contributed by atoms with E-state index in [0.717, 1.165) is 5.92 Å². The first-order chi connectivity index (χ1) is 4.87. The van der Waals surface area contributed by atoms with E-state index in [2.05, 4.69) is 27.7 Å². The number of hydrogen-bond acceptors (Lipinski definition) is 1. The molecule has 0 bridgehead atoms. The second kappa shape index (κ2) is 2.48. The van der Waals surface area contributed by atoms with Gasteiger partial charge in [-0.3, -0.25) is 0 Å². The van der Waals surface area contributed by atoms with Crippen LogP contribution in [0.4, 0.5) is 0 Å². The van der Waals surface area contributed by atoms with E-state index in [1.807, 2.05) is 7.11 Å². The highest BCUT2D eigenvalue weighted by molar-refractivity contribution is 4.96. The van der Waals surface area contributed by atoms with E-state index in [1.54, 1.807) is 0 Å². The van der Waals surface area contributed by atoms with Crippen molar-refractivity contribution >= 4 is 0 Å². The number of methoxy groups -OCH3 is 1. The molecule has 0 spiro atoms. The third-order valence-electron chi connectivity index (χ3n) is 3.07. The minimum Gasteiger partial charge on any atom is -0.379 e. The summed E-state index contributed by atoms with van der Waals surface area (Å²) in [6, 6.07) is 0. The normalized spacial score (nSPS) is 38.5. The SMILES string of the molecule is COC1(C)CC(C(C)(C)C)C1. The molecule has 1 fully saturated rings. The van der Waals surface area contributed by atoms with Crippen LogP contribution in [0.2, 0.25) is 0 Å². The van der Waals surface area contributed by atoms with Crippen molar-refractivity contribution in [2.75, 3.05) is 7.11 Å². The molecule has 1 nitrogen and oxygen atoms in total. The van der Waals surface area contributed by atoms with Crippen molar-refractivity contribution in [2.24, 2.45) is 11.3 Å². The summed E-state index contributed by atoms with van der Waals surface area (Å²) in [5.74, 6) is 0.854. The average Bonchev–Trinajstić information content (AvgIpc) is 1.78. The van der Waals surface area contributed by atoms with Crippen molar-refractivity contribution < 1.29 is 4.74 Å². The number of rotatable bonds is 1. The third kappa shape index (κ3) is 1.76. The third-order valence-corrected chi connectivity index (χ3v) is 3.07. The van der Waals surface area contributed by atoms with Crippen LogP contribution in [0.15, 0.2) is 0 Å². The van der Waals surface area contributed by atoms with Gasteiger partial charge in [-0.15, -0.1) is 0 Å². The van der Waals surface area contributed by atoms with E-state index in [-0.39, 0.29) is 5.60 Å². The molecule has 0 aliphatic heterocycles. The van der Waals surface area contributed by atoms with Crippen LogP contribution in [0.5, 0.6) is 0 Å². The maximum absolute atomic E-state index is 5.40. The molecule has 1 rings (SSSR count). The molecule has 0 aromatic heterocycles. The number of ether oxygens (including phenoxy) is 1. The second-order valence-corrected chi connectivity index (χ2v) is 5.13. The lowest BCUT2D eigenvalue weighted by Crippen LogP contribution is -2.47. The summed E-state index contributed by atoms with van der Waals surface area (Å²) >= 11 is 0. The van der Waals surface area contributed by atoms with Crippen molar-refractivity contribution in [1.82, 2.24) is 0 Å². The van der Waals surface area contributed by atoms with Gasteiger partial charge in [-0.25, -0.2) is 0 Å². The van der Waals surface area contributed by atoms with Gasteiger partial charge < -0.3 is 4.74 Å². The molecular formula is C10H20O. The zero-order chi connectivity index (χ0) is 8.70. The Labute approximate surface area is 70.1 Å². The van der Waals surface area contributed by atoms with Crippen LogP contribution in [0.1, 0.15) is 40.5 Å². The summed E-state index contributed by atoms with van der Waals surface area (Å²) in [5, 5.41) is 0. The maximum Gasteiger partial charge on any atom is 0.0656 e. The van der Waals surface area contributed by atoms with E-state index in [1.165, 1.54) is 12.8 Å². The van der Waals surface area contributed by atoms with Crippen LogP contribution in [0.3, 0.4) is 0 Å². The fourth-order valence-electron chi connectivity index (χ4n) is 1.76. The highest BCUT2D eigenvalue weighted by Gasteiger charge is 2.45. The van der Waals surface area contributed by atoms with Gasteiger partial charge >= 0.3 is 0 Å². The first-order valence-electron chi connectivity index (χ1n) is 4.42. The minimum atomic E-state index is 0.192. The van der Waals surface area contributed by atoms with Gasteiger partial charge in [0.2, 0.25) is 0 Å². The number of hydrogen-bond donors (Lipinski definition) is 0. The highest BCUT2D eigenvalue weighted by atomic mass is 16.5. The molecule has 0 amide bonds. The second-order valence-electron chi connectivity index (χ2n) is 5.13. The predicted octanol–water partition coefficient (Wildman–Crippen LogP) is 2.85. The zero-order valence-corrected chi connectivity index (χ0v) is 8.40. The van der Waals surface area contributed by atoms with Crippen LogP contribution in [0, 0.1) is 11.3 Å². The molecule has 0 saturated heterocycles. The largest absolute Gasteiger partial charge is 0.379 e. The first-order valence-corrected chi connectivity index (χ1v) is 4.42. The molecule has 11 heavy (non-hydrogen) atoms. The van der Waals surface area contributed by atoms with Crippen molar-refractivity contribution in [2.45, 2.75) is 46.1 Å². The molecule has 1 aliphatic rings.